The van der Waals surface area contributed by atoms with Crippen LogP contribution in [-0.4, -0.2) is 47.0 Å². The molecule has 0 radical (unpaired) electrons. The largest absolute Gasteiger partial charge is 0.507 e. The third kappa shape index (κ3) is 7.49. The van der Waals surface area contributed by atoms with Crippen LogP contribution in [0.25, 0.3) is 0 Å². The van der Waals surface area contributed by atoms with Crippen molar-refractivity contribution in [3.63, 3.8) is 0 Å². The van der Waals surface area contributed by atoms with Gasteiger partial charge in [-0.1, -0.05) is 12.1 Å². The molecule has 5 nitrogen and oxygen atoms in total. The molecule has 2 aromatic carbocycles. The van der Waals surface area contributed by atoms with E-state index < -0.39 is 23.2 Å². The summed E-state index contributed by atoms with van der Waals surface area (Å²) < 4.78 is 39.9. The van der Waals surface area contributed by atoms with Gasteiger partial charge in [-0.2, -0.15) is 13.2 Å². The minimum Gasteiger partial charge on any atom is -0.507 e. The lowest BCUT2D eigenvalue weighted by molar-refractivity contribution is -0.137. The van der Waals surface area contributed by atoms with Gasteiger partial charge in [0.2, 0.25) is 0 Å². The Kier molecular flexibility index (Phi) is 10.7. The van der Waals surface area contributed by atoms with E-state index in [2.05, 4.69) is 15.1 Å². The normalized spacial score (nSPS) is 16.5. The summed E-state index contributed by atoms with van der Waals surface area (Å²) in [5.41, 5.74) is 1.03. The number of phenols is 1. The van der Waals surface area contributed by atoms with Crippen molar-refractivity contribution in [2.75, 3.05) is 26.2 Å². The monoisotopic (exact) mass is 533 g/mol. The first kappa shape index (κ1) is 29.2. The van der Waals surface area contributed by atoms with Gasteiger partial charge in [0.25, 0.3) is 5.91 Å². The Hall–Kier alpha value is -2.00. The molecule has 2 N–H and O–H groups in total. The van der Waals surface area contributed by atoms with Crippen molar-refractivity contribution in [1.29, 1.82) is 0 Å². The van der Waals surface area contributed by atoms with Crippen LogP contribution in [0.15, 0.2) is 36.4 Å². The Morgan fingerprint density at radius 1 is 0.886 bits per heavy atom. The Labute approximate surface area is 216 Å². The van der Waals surface area contributed by atoms with E-state index in [4.69, 9.17) is 0 Å². The molecule has 10 heteroatoms. The molecule has 0 spiro atoms. The molecule has 0 atom stereocenters. The molecule has 0 saturated carbocycles. The minimum absolute atomic E-state index is 0. The van der Waals surface area contributed by atoms with Crippen LogP contribution in [0.5, 0.6) is 5.75 Å². The van der Waals surface area contributed by atoms with E-state index in [9.17, 15) is 23.1 Å². The van der Waals surface area contributed by atoms with E-state index in [1.165, 1.54) is 18.2 Å². The van der Waals surface area contributed by atoms with Gasteiger partial charge in [0, 0.05) is 30.8 Å². The summed E-state index contributed by atoms with van der Waals surface area (Å²) in [6, 6.07) is 8.51. The fourth-order valence-electron chi connectivity index (χ4n) is 4.74. The number of amides is 1. The van der Waals surface area contributed by atoms with Crippen molar-refractivity contribution in [2.24, 2.45) is 0 Å². The smallest absolute Gasteiger partial charge is 0.417 e. The maximum Gasteiger partial charge on any atom is 0.417 e. The van der Waals surface area contributed by atoms with E-state index in [1.807, 2.05) is 12.1 Å². The summed E-state index contributed by atoms with van der Waals surface area (Å²) in [4.78, 5) is 17.2. The van der Waals surface area contributed by atoms with Crippen LogP contribution in [0, 0.1) is 0 Å². The zero-order valence-electron chi connectivity index (χ0n) is 19.4. The van der Waals surface area contributed by atoms with Gasteiger partial charge in [-0.25, -0.2) is 0 Å². The number of carbonyl (C=O) groups excluding carboxylic acids is 1. The number of hydrogen-bond donors (Lipinski definition) is 2. The molecule has 2 aromatic rings. The topological polar surface area (TPSA) is 55.8 Å². The predicted octanol–water partition coefficient (Wildman–Crippen LogP) is 5.38. The van der Waals surface area contributed by atoms with E-state index in [1.54, 1.807) is 0 Å². The van der Waals surface area contributed by atoms with E-state index in [0.29, 0.717) is 13.1 Å². The third-order valence-corrected chi connectivity index (χ3v) is 6.44. The fourth-order valence-corrected chi connectivity index (χ4v) is 4.74. The first-order valence-corrected chi connectivity index (χ1v) is 11.5. The van der Waals surface area contributed by atoms with Crippen LogP contribution >= 0.6 is 24.8 Å². The quantitative estimate of drug-likeness (QED) is 0.501. The molecule has 2 aliphatic rings. The molecule has 0 bridgehead atoms. The van der Waals surface area contributed by atoms with E-state index in [-0.39, 0.29) is 37.1 Å². The number of nitrogens with one attached hydrogen (secondary N) is 1. The number of halogens is 5. The number of hydrogen-bond acceptors (Lipinski definition) is 4. The van der Waals surface area contributed by atoms with Crippen molar-refractivity contribution in [3.05, 3.63) is 64.2 Å². The maximum absolute atomic E-state index is 13.3. The minimum atomic E-state index is -4.60. The summed E-state index contributed by atoms with van der Waals surface area (Å²) in [6.07, 6.45) is -0.0602. The lowest BCUT2D eigenvalue weighted by Gasteiger charge is -2.21. The highest BCUT2D eigenvalue weighted by Gasteiger charge is 2.34. The number of carbonyl (C=O) groups is 1. The SMILES string of the molecule is Cl.Cl.O=C(NCc1cc(CN2CCCC2)c(O)c(CN2CCCC2)c1)c1ccccc1C(F)(F)F. The highest BCUT2D eigenvalue weighted by atomic mass is 35.5. The Morgan fingerprint density at radius 3 is 1.86 bits per heavy atom. The second kappa shape index (κ2) is 12.8. The number of phenolic OH excluding ortho intramolecular Hbond substituents is 1. The fraction of sp³-hybridized carbons (Fsp3) is 0.480. The molecule has 2 saturated heterocycles. The zero-order chi connectivity index (χ0) is 23.4. The maximum atomic E-state index is 13.3. The number of benzene rings is 2. The molecule has 0 aliphatic carbocycles. The first-order chi connectivity index (χ1) is 15.8. The van der Waals surface area contributed by atoms with Gasteiger partial charge in [0.05, 0.1) is 11.1 Å². The standard InChI is InChI=1S/C25H30F3N3O2.2ClH/c26-25(27,28)22-8-2-1-7-21(22)24(33)29-15-18-13-19(16-30-9-3-4-10-30)23(32)20(14-18)17-31-11-5-6-12-31;;/h1-2,7-8,13-14,32H,3-6,9-12,15-17H2,(H,29,33);2*1H. The van der Waals surface area contributed by atoms with Crippen molar-refractivity contribution >= 4 is 30.7 Å². The molecule has 2 heterocycles. The van der Waals surface area contributed by atoms with Crippen molar-refractivity contribution in [1.82, 2.24) is 15.1 Å². The Balaban J connectivity index is 0.00000216. The van der Waals surface area contributed by atoms with E-state index in [0.717, 1.165) is 74.6 Å². The molecule has 0 aromatic heterocycles. The van der Waals surface area contributed by atoms with Gasteiger partial charge in [-0.3, -0.25) is 14.6 Å². The summed E-state index contributed by atoms with van der Waals surface area (Å²) in [5, 5.41) is 13.6. The van der Waals surface area contributed by atoms with Crippen molar-refractivity contribution < 1.29 is 23.1 Å². The molecule has 1 amide bonds. The molecule has 194 valence electrons. The summed E-state index contributed by atoms with van der Waals surface area (Å²) in [7, 11) is 0. The molecule has 35 heavy (non-hydrogen) atoms. The van der Waals surface area contributed by atoms with Crippen LogP contribution in [0.4, 0.5) is 13.2 Å². The molecule has 4 rings (SSSR count). The van der Waals surface area contributed by atoms with Crippen molar-refractivity contribution in [2.45, 2.75) is 51.5 Å². The third-order valence-electron chi connectivity index (χ3n) is 6.44. The first-order valence-electron chi connectivity index (χ1n) is 11.5. The predicted molar refractivity (Wildman–Crippen MR) is 134 cm³/mol. The second-order valence-electron chi connectivity index (χ2n) is 8.96. The average molecular weight is 534 g/mol. The summed E-state index contributed by atoms with van der Waals surface area (Å²) in [5.74, 6) is -0.482. The molecule has 2 fully saturated rings. The molecule has 0 unspecified atom stereocenters. The van der Waals surface area contributed by atoms with Gasteiger partial charge in [0.1, 0.15) is 5.75 Å². The van der Waals surface area contributed by atoms with Crippen LogP contribution in [-0.2, 0) is 25.8 Å². The second-order valence-corrected chi connectivity index (χ2v) is 8.96. The molecular formula is C25H32Cl2F3N3O2. The number of aromatic hydroxyl groups is 1. The van der Waals surface area contributed by atoms with Crippen LogP contribution in [0.1, 0.15) is 58.3 Å². The molecular weight excluding hydrogens is 502 g/mol. The van der Waals surface area contributed by atoms with Gasteiger partial charge in [-0.05, 0) is 81.7 Å². The summed E-state index contributed by atoms with van der Waals surface area (Å²) in [6.45, 7) is 5.26. The highest BCUT2D eigenvalue weighted by molar-refractivity contribution is 5.95. The van der Waals surface area contributed by atoms with Crippen LogP contribution in [0.2, 0.25) is 0 Å². The van der Waals surface area contributed by atoms with Crippen LogP contribution < -0.4 is 5.32 Å². The van der Waals surface area contributed by atoms with Gasteiger partial charge in [-0.15, -0.1) is 24.8 Å². The van der Waals surface area contributed by atoms with Gasteiger partial charge in [0.15, 0.2) is 0 Å². The number of nitrogens with zero attached hydrogens (tertiary/aromatic N) is 2. The van der Waals surface area contributed by atoms with Crippen molar-refractivity contribution in [3.8, 4) is 5.75 Å². The highest BCUT2D eigenvalue weighted by Crippen LogP contribution is 2.32. The Bertz CT molecular complexity index is 953. The lowest BCUT2D eigenvalue weighted by atomic mass is 10.0. The Morgan fingerprint density at radius 2 is 1.37 bits per heavy atom. The number of alkyl halides is 3. The van der Waals surface area contributed by atoms with E-state index >= 15 is 0 Å². The van der Waals surface area contributed by atoms with Crippen LogP contribution in [0.3, 0.4) is 0 Å². The van der Waals surface area contributed by atoms with Gasteiger partial charge < -0.3 is 10.4 Å². The lowest BCUT2D eigenvalue weighted by Crippen LogP contribution is -2.26. The average Bonchev–Trinajstić information content (AvgIpc) is 3.49. The number of rotatable bonds is 7. The van der Waals surface area contributed by atoms with Gasteiger partial charge >= 0.3 is 6.18 Å². The number of likely N-dealkylation sites (tertiary alicyclic amines) is 2. The zero-order valence-corrected chi connectivity index (χ0v) is 21.1. The molecule has 2 aliphatic heterocycles. The summed E-state index contributed by atoms with van der Waals surface area (Å²) >= 11 is 0.